The molecule has 0 radical (unpaired) electrons. The molecule has 2 aliphatic carbocycles. The summed E-state index contributed by atoms with van der Waals surface area (Å²) >= 11 is 0. The highest BCUT2D eigenvalue weighted by atomic mass is 16.6. The number of Topliss-reactive ketones (excluding diaryl/α,β-unsaturated/α-hetero) is 1. The van der Waals surface area contributed by atoms with Crippen LogP contribution in [0.2, 0.25) is 0 Å². The van der Waals surface area contributed by atoms with Crippen LogP contribution in [0.4, 0.5) is 10.5 Å². The first-order chi connectivity index (χ1) is 22.1. The Kier molecular flexibility index (Phi) is 10.4. The zero-order valence-corrected chi connectivity index (χ0v) is 26.0. The molecule has 2 amide bonds. The molecule has 5 rings (SSSR count). The molecular weight excluding hydrogens is 598 g/mol. The van der Waals surface area contributed by atoms with Gasteiger partial charge in [0.05, 0.1) is 35.6 Å². The highest BCUT2D eigenvalue weighted by Gasteiger charge is 2.61. The van der Waals surface area contributed by atoms with Crippen LogP contribution in [-0.2, 0) is 28.6 Å². The van der Waals surface area contributed by atoms with E-state index in [2.05, 4.69) is 5.32 Å². The quantitative estimate of drug-likeness (QED) is 0.154. The van der Waals surface area contributed by atoms with Gasteiger partial charge >= 0.3 is 18.0 Å². The third-order valence-corrected chi connectivity index (χ3v) is 9.62. The van der Waals surface area contributed by atoms with Crippen molar-refractivity contribution in [2.24, 2.45) is 11.3 Å². The van der Waals surface area contributed by atoms with Gasteiger partial charge in [0.25, 0.3) is 5.69 Å². The Balaban J connectivity index is 1.38. The number of carbonyl (C=O) groups excluding carboxylic acids is 5. The second-order valence-corrected chi connectivity index (χ2v) is 12.7. The molecule has 0 unspecified atom stereocenters. The fraction of sp³-hybridized carbons (Fsp3) is 0.606. The lowest BCUT2D eigenvalue weighted by Crippen LogP contribution is -2.52. The van der Waals surface area contributed by atoms with Gasteiger partial charge in [0.15, 0.2) is 5.78 Å². The zero-order chi connectivity index (χ0) is 32.8. The molecule has 248 valence electrons. The minimum absolute atomic E-state index is 0.000291. The molecule has 1 saturated heterocycles. The zero-order valence-electron chi connectivity index (χ0n) is 26.0. The maximum absolute atomic E-state index is 14.1. The number of nitro benzene ring substituents is 1. The number of hydrogen-bond acceptors (Lipinski definition) is 10. The molecule has 13 nitrogen and oxygen atoms in total. The van der Waals surface area contributed by atoms with E-state index < -0.39 is 52.5 Å². The summed E-state index contributed by atoms with van der Waals surface area (Å²) in [5.74, 6) is -2.23. The Morgan fingerprint density at radius 1 is 0.978 bits per heavy atom. The lowest BCUT2D eigenvalue weighted by molar-refractivity contribution is -0.384. The Morgan fingerprint density at radius 2 is 1.70 bits per heavy atom. The Morgan fingerprint density at radius 3 is 2.39 bits per heavy atom. The van der Waals surface area contributed by atoms with Gasteiger partial charge in [-0.3, -0.25) is 24.5 Å². The number of amides is 2. The number of alkyl carbamates (subject to hydrolysis) is 1. The van der Waals surface area contributed by atoms with Crippen molar-refractivity contribution in [2.45, 2.75) is 101 Å². The number of nitro groups is 1. The summed E-state index contributed by atoms with van der Waals surface area (Å²) in [5.41, 5.74) is -1.12. The van der Waals surface area contributed by atoms with Crippen molar-refractivity contribution in [1.29, 1.82) is 0 Å². The molecule has 3 fully saturated rings. The third-order valence-electron chi connectivity index (χ3n) is 9.62. The molecule has 4 aliphatic rings. The molecule has 1 aromatic rings. The molecule has 5 atom stereocenters. The van der Waals surface area contributed by atoms with E-state index in [1.807, 2.05) is 12.2 Å². The fourth-order valence-electron chi connectivity index (χ4n) is 6.94. The van der Waals surface area contributed by atoms with E-state index in [4.69, 9.17) is 14.2 Å². The van der Waals surface area contributed by atoms with Gasteiger partial charge in [0.1, 0.15) is 18.2 Å². The van der Waals surface area contributed by atoms with Crippen molar-refractivity contribution in [1.82, 2.24) is 10.2 Å². The number of methoxy groups -OCH3 is 1. The number of fused-ring (bicyclic) bond motifs is 2. The van der Waals surface area contributed by atoms with Gasteiger partial charge in [-0.15, -0.1) is 0 Å². The number of nitrogens with one attached hydrogen (secondary N) is 1. The molecule has 0 bridgehead atoms. The third kappa shape index (κ3) is 7.56. The summed E-state index contributed by atoms with van der Waals surface area (Å²) in [5, 5.41) is 13.8. The highest BCUT2D eigenvalue weighted by Crippen LogP contribution is 2.57. The van der Waals surface area contributed by atoms with E-state index in [0.717, 1.165) is 44.9 Å². The largest absolute Gasteiger partial charge is 0.469 e. The van der Waals surface area contributed by atoms with E-state index in [-0.39, 0.29) is 48.4 Å². The topological polar surface area (TPSA) is 171 Å². The number of hydrogen-bond donors (Lipinski definition) is 1. The summed E-state index contributed by atoms with van der Waals surface area (Å²) < 4.78 is 16.4. The number of benzene rings is 1. The number of carbonyl (C=O) groups is 5. The van der Waals surface area contributed by atoms with E-state index in [1.54, 1.807) is 0 Å². The number of ether oxygens (including phenoxy) is 3. The number of nitrogens with zero attached hydrogens (tertiary/aromatic N) is 2. The molecule has 0 spiro atoms. The van der Waals surface area contributed by atoms with E-state index >= 15 is 0 Å². The van der Waals surface area contributed by atoms with Crippen molar-refractivity contribution < 1.29 is 43.1 Å². The molecule has 13 heteroatoms. The van der Waals surface area contributed by atoms with E-state index in [0.29, 0.717) is 19.3 Å². The maximum Gasteiger partial charge on any atom is 0.408 e. The molecule has 1 aromatic carbocycles. The number of ketones is 1. The van der Waals surface area contributed by atoms with Gasteiger partial charge in [-0.05, 0) is 69.4 Å². The van der Waals surface area contributed by atoms with Crippen LogP contribution in [0, 0.1) is 21.4 Å². The Labute approximate surface area is 267 Å². The molecular formula is C33H41N3O10. The minimum atomic E-state index is -1.02. The second kappa shape index (κ2) is 14.4. The molecule has 46 heavy (non-hydrogen) atoms. The number of rotatable bonds is 6. The lowest BCUT2D eigenvalue weighted by Gasteiger charge is -2.29. The summed E-state index contributed by atoms with van der Waals surface area (Å²) in [6.07, 6.45) is 9.47. The van der Waals surface area contributed by atoms with Crippen LogP contribution >= 0.6 is 0 Å². The van der Waals surface area contributed by atoms with Crippen molar-refractivity contribution in [3.8, 4) is 0 Å². The normalized spacial score (nSPS) is 29.4. The van der Waals surface area contributed by atoms with Crippen molar-refractivity contribution in [2.75, 3.05) is 13.7 Å². The van der Waals surface area contributed by atoms with Crippen LogP contribution in [0.15, 0.2) is 36.4 Å². The van der Waals surface area contributed by atoms with Gasteiger partial charge in [-0.1, -0.05) is 25.0 Å². The van der Waals surface area contributed by atoms with Gasteiger partial charge < -0.3 is 24.4 Å². The Bertz CT molecular complexity index is 1370. The minimum Gasteiger partial charge on any atom is -0.469 e. The monoisotopic (exact) mass is 639 g/mol. The first-order valence-electron chi connectivity index (χ1n) is 16.1. The summed E-state index contributed by atoms with van der Waals surface area (Å²) in [4.78, 5) is 78.7. The predicted octanol–water partition coefficient (Wildman–Crippen LogP) is 4.42. The second-order valence-electron chi connectivity index (χ2n) is 12.7. The summed E-state index contributed by atoms with van der Waals surface area (Å²) in [7, 11) is 1.29. The number of non-ortho nitro benzene ring substituents is 1. The standard InChI is InChI=1S/C33H41N3O10/c1-44-31(40)33-18-22(33)9-5-3-2-4-6-12-26(34-32(41)46-24-10-7-8-11-24)29(38)35-20-25(17-27(35)28(37)19-33)45-30(39)21-13-15-23(16-14-21)36(42)43/h5,9,13-16,22,24-27H,2-4,6-8,10-12,17-20H2,1H3,(H,34,41)/b9-5-/t22-,25+,26+,27+,33-/m1/s1. The first kappa shape index (κ1) is 33.1. The van der Waals surface area contributed by atoms with Crippen molar-refractivity contribution >= 4 is 35.4 Å². The summed E-state index contributed by atoms with van der Waals surface area (Å²) in [6, 6.07) is 2.97. The SMILES string of the molecule is COC(=O)[C@]12CC(=O)[C@@H]3C[C@H](OC(=O)c4ccc([N+](=O)[O-])cc4)CN3C(=O)[C@@H](NC(=O)OC3CCCC3)CCCCC/C=C\[C@@H]1C2. The van der Waals surface area contributed by atoms with Gasteiger partial charge in [0.2, 0.25) is 5.91 Å². The summed E-state index contributed by atoms with van der Waals surface area (Å²) in [6.45, 7) is -0.0988. The lowest BCUT2D eigenvalue weighted by atomic mass is 9.92. The maximum atomic E-state index is 14.1. The highest BCUT2D eigenvalue weighted by molar-refractivity contribution is 5.96. The Hall–Kier alpha value is -4.29. The van der Waals surface area contributed by atoms with Gasteiger partial charge in [-0.25, -0.2) is 9.59 Å². The van der Waals surface area contributed by atoms with Crippen LogP contribution in [0.1, 0.15) is 87.4 Å². The molecule has 2 heterocycles. The van der Waals surface area contributed by atoms with Crippen molar-refractivity contribution in [3.05, 3.63) is 52.1 Å². The predicted molar refractivity (Wildman–Crippen MR) is 162 cm³/mol. The van der Waals surface area contributed by atoms with Crippen LogP contribution in [-0.4, -0.2) is 77.5 Å². The molecule has 0 aromatic heterocycles. The number of esters is 2. The molecule has 2 saturated carbocycles. The van der Waals surface area contributed by atoms with Gasteiger partial charge in [0, 0.05) is 25.0 Å². The van der Waals surface area contributed by atoms with Gasteiger partial charge in [-0.2, -0.15) is 0 Å². The van der Waals surface area contributed by atoms with E-state index in [9.17, 15) is 34.1 Å². The van der Waals surface area contributed by atoms with Crippen LogP contribution in [0.3, 0.4) is 0 Å². The molecule has 2 aliphatic heterocycles. The average molecular weight is 640 g/mol. The smallest absolute Gasteiger partial charge is 0.408 e. The number of allylic oxidation sites excluding steroid dienone is 2. The van der Waals surface area contributed by atoms with Crippen LogP contribution in [0.5, 0.6) is 0 Å². The van der Waals surface area contributed by atoms with Crippen molar-refractivity contribution in [3.63, 3.8) is 0 Å². The average Bonchev–Trinajstić information content (AvgIpc) is 3.33. The first-order valence-corrected chi connectivity index (χ1v) is 16.1. The fourth-order valence-corrected chi connectivity index (χ4v) is 6.94. The van der Waals surface area contributed by atoms with Crippen LogP contribution in [0.25, 0.3) is 0 Å². The molecule has 1 N–H and O–H groups in total. The van der Waals surface area contributed by atoms with E-state index in [1.165, 1.54) is 36.3 Å². The van der Waals surface area contributed by atoms with Crippen LogP contribution < -0.4 is 5.32 Å².